The van der Waals surface area contributed by atoms with E-state index >= 15 is 0 Å². The third-order valence-corrected chi connectivity index (χ3v) is 3.26. The Kier molecular flexibility index (Phi) is 4.93. The highest BCUT2D eigenvalue weighted by Gasteiger charge is 2.21. The van der Waals surface area contributed by atoms with Crippen molar-refractivity contribution in [2.75, 3.05) is 28.4 Å². The average molecular weight is 305 g/mol. The van der Waals surface area contributed by atoms with Crippen LogP contribution < -0.4 is 14.2 Å². The number of nitrogens with zero attached hydrogens (tertiary/aromatic N) is 1. The van der Waals surface area contributed by atoms with Crippen LogP contribution >= 0.6 is 0 Å². The van der Waals surface area contributed by atoms with Gasteiger partial charge in [0.1, 0.15) is 11.5 Å². The monoisotopic (exact) mass is 305 g/mol. The van der Waals surface area contributed by atoms with Crippen LogP contribution in [0.3, 0.4) is 0 Å². The molecule has 0 spiro atoms. The van der Waals surface area contributed by atoms with Crippen LogP contribution in [0.2, 0.25) is 0 Å². The van der Waals surface area contributed by atoms with E-state index in [1.165, 1.54) is 21.3 Å². The summed E-state index contributed by atoms with van der Waals surface area (Å²) in [6, 6.07) is 6.84. The lowest BCUT2D eigenvalue weighted by Crippen LogP contribution is -2.26. The van der Waals surface area contributed by atoms with Crippen LogP contribution in [0.15, 0.2) is 34.9 Å². The maximum Gasteiger partial charge on any atom is 0.257 e. The van der Waals surface area contributed by atoms with E-state index in [-0.39, 0.29) is 5.91 Å². The van der Waals surface area contributed by atoms with Crippen LogP contribution in [0.4, 0.5) is 0 Å². The number of ether oxygens (including phenoxy) is 3. The number of methoxy groups -OCH3 is 3. The van der Waals surface area contributed by atoms with Crippen molar-refractivity contribution >= 4 is 5.91 Å². The molecule has 0 aliphatic heterocycles. The summed E-state index contributed by atoms with van der Waals surface area (Å²) in [6.07, 6.45) is 1.57. The molecule has 0 N–H and O–H groups in total. The summed E-state index contributed by atoms with van der Waals surface area (Å²) in [4.78, 5) is 14.2. The maximum atomic E-state index is 12.6. The van der Waals surface area contributed by atoms with E-state index < -0.39 is 0 Å². The van der Waals surface area contributed by atoms with Crippen molar-refractivity contribution in [3.05, 3.63) is 41.9 Å². The fraction of sp³-hybridized carbons (Fsp3) is 0.312. The maximum absolute atomic E-state index is 12.6. The van der Waals surface area contributed by atoms with Gasteiger partial charge in [0, 0.05) is 19.2 Å². The molecule has 0 saturated carbocycles. The summed E-state index contributed by atoms with van der Waals surface area (Å²) >= 11 is 0. The molecule has 0 radical (unpaired) electrons. The molecule has 1 amide bonds. The Morgan fingerprint density at radius 2 is 1.73 bits per heavy atom. The molecule has 2 rings (SSSR count). The highest BCUT2D eigenvalue weighted by atomic mass is 16.5. The zero-order valence-corrected chi connectivity index (χ0v) is 13.1. The highest BCUT2D eigenvalue weighted by Crippen LogP contribution is 2.35. The minimum Gasteiger partial charge on any atom is -0.496 e. The molecule has 22 heavy (non-hydrogen) atoms. The number of carbonyl (C=O) groups excluding carboxylic acids is 1. The van der Waals surface area contributed by atoms with Gasteiger partial charge in [-0.1, -0.05) is 0 Å². The van der Waals surface area contributed by atoms with Gasteiger partial charge in [-0.25, -0.2) is 0 Å². The van der Waals surface area contributed by atoms with Crippen molar-refractivity contribution in [2.45, 2.75) is 6.54 Å². The second kappa shape index (κ2) is 6.89. The van der Waals surface area contributed by atoms with E-state index in [2.05, 4.69) is 0 Å². The van der Waals surface area contributed by atoms with Gasteiger partial charge in [0.2, 0.25) is 0 Å². The van der Waals surface area contributed by atoms with Crippen molar-refractivity contribution in [1.29, 1.82) is 0 Å². The molecule has 0 aliphatic carbocycles. The summed E-state index contributed by atoms with van der Waals surface area (Å²) in [6.45, 7) is 0.364. The molecule has 0 bridgehead atoms. The van der Waals surface area contributed by atoms with E-state index in [4.69, 9.17) is 18.6 Å². The summed E-state index contributed by atoms with van der Waals surface area (Å²) in [5, 5.41) is 0. The lowest BCUT2D eigenvalue weighted by atomic mass is 10.1. The number of hydrogen-bond acceptors (Lipinski definition) is 5. The van der Waals surface area contributed by atoms with Crippen molar-refractivity contribution in [3.8, 4) is 17.2 Å². The van der Waals surface area contributed by atoms with E-state index in [1.807, 2.05) is 6.07 Å². The Bertz CT molecular complexity index is 636. The second-order valence-electron chi connectivity index (χ2n) is 4.65. The number of rotatable bonds is 6. The predicted molar refractivity (Wildman–Crippen MR) is 80.6 cm³/mol. The average Bonchev–Trinajstić information content (AvgIpc) is 3.05. The van der Waals surface area contributed by atoms with Gasteiger partial charge >= 0.3 is 0 Å². The lowest BCUT2D eigenvalue weighted by molar-refractivity contribution is 0.0771. The molecule has 0 aliphatic rings. The Balaban J connectivity index is 2.31. The fourth-order valence-electron chi connectivity index (χ4n) is 2.11. The molecular weight excluding hydrogens is 286 g/mol. The van der Waals surface area contributed by atoms with Crippen LogP contribution in [-0.2, 0) is 6.54 Å². The largest absolute Gasteiger partial charge is 0.496 e. The molecule has 6 nitrogen and oxygen atoms in total. The highest BCUT2D eigenvalue weighted by molar-refractivity contribution is 5.97. The molecule has 0 fully saturated rings. The molecule has 0 atom stereocenters. The van der Waals surface area contributed by atoms with E-state index in [1.54, 1.807) is 36.4 Å². The van der Waals surface area contributed by atoms with Gasteiger partial charge < -0.3 is 23.5 Å². The summed E-state index contributed by atoms with van der Waals surface area (Å²) < 4.78 is 21.0. The molecule has 1 heterocycles. The van der Waals surface area contributed by atoms with Gasteiger partial charge in [0.05, 0.1) is 39.7 Å². The standard InChI is InChI=1S/C16H19NO5/c1-17(10-11-6-5-7-22-11)16(18)12-8-14(20-3)15(21-4)9-13(12)19-2/h5-9H,10H2,1-4H3. The summed E-state index contributed by atoms with van der Waals surface area (Å²) in [5.41, 5.74) is 0.397. The number of amides is 1. The minimum absolute atomic E-state index is 0.200. The molecule has 1 aromatic carbocycles. The SMILES string of the molecule is COc1cc(OC)c(C(=O)N(C)Cc2ccco2)cc1OC. The van der Waals surface area contributed by atoms with Crippen LogP contribution in [0.5, 0.6) is 17.2 Å². The number of furan rings is 1. The molecule has 6 heteroatoms. The third kappa shape index (κ3) is 3.16. The van der Waals surface area contributed by atoms with Gasteiger partial charge in [-0.2, -0.15) is 0 Å². The van der Waals surface area contributed by atoms with Gasteiger partial charge in [0.25, 0.3) is 5.91 Å². The van der Waals surface area contributed by atoms with E-state index in [0.717, 1.165) is 0 Å². The fourth-order valence-corrected chi connectivity index (χ4v) is 2.11. The topological polar surface area (TPSA) is 61.1 Å². The van der Waals surface area contributed by atoms with Gasteiger partial charge in [-0.3, -0.25) is 4.79 Å². The first-order chi connectivity index (χ1) is 10.6. The van der Waals surface area contributed by atoms with Gasteiger partial charge in [-0.05, 0) is 12.1 Å². The minimum atomic E-state index is -0.200. The van der Waals surface area contributed by atoms with Crippen LogP contribution in [-0.4, -0.2) is 39.2 Å². The zero-order chi connectivity index (χ0) is 16.1. The van der Waals surface area contributed by atoms with Crippen LogP contribution in [0, 0.1) is 0 Å². The first-order valence-corrected chi connectivity index (χ1v) is 6.68. The molecule has 118 valence electrons. The molecule has 0 unspecified atom stereocenters. The quantitative estimate of drug-likeness (QED) is 0.821. The second-order valence-corrected chi connectivity index (χ2v) is 4.65. The summed E-state index contributed by atoms with van der Waals surface area (Å²) in [7, 11) is 6.25. The van der Waals surface area contributed by atoms with Crippen molar-refractivity contribution in [3.63, 3.8) is 0 Å². The molecule has 0 saturated heterocycles. The first kappa shape index (κ1) is 15.8. The Morgan fingerprint density at radius 3 is 2.27 bits per heavy atom. The zero-order valence-electron chi connectivity index (χ0n) is 13.1. The number of carbonyl (C=O) groups is 1. The predicted octanol–water partition coefficient (Wildman–Crippen LogP) is 2.58. The Morgan fingerprint density at radius 1 is 1.09 bits per heavy atom. The molecule has 1 aromatic heterocycles. The summed E-state index contributed by atoms with van der Waals surface area (Å²) in [5.74, 6) is 1.90. The van der Waals surface area contributed by atoms with Crippen molar-refractivity contribution < 1.29 is 23.4 Å². The smallest absolute Gasteiger partial charge is 0.257 e. The Labute approximate surface area is 129 Å². The van der Waals surface area contributed by atoms with Crippen molar-refractivity contribution in [2.24, 2.45) is 0 Å². The van der Waals surface area contributed by atoms with Crippen molar-refractivity contribution in [1.82, 2.24) is 4.90 Å². The number of benzene rings is 1. The lowest BCUT2D eigenvalue weighted by Gasteiger charge is -2.19. The number of hydrogen-bond donors (Lipinski definition) is 0. The van der Waals surface area contributed by atoms with Crippen LogP contribution in [0.25, 0.3) is 0 Å². The molecule has 2 aromatic rings. The van der Waals surface area contributed by atoms with Gasteiger partial charge in [0.15, 0.2) is 11.5 Å². The Hall–Kier alpha value is -2.63. The normalized spacial score (nSPS) is 10.2. The van der Waals surface area contributed by atoms with E-state index in [0.29, 0.717) is 35.1 Å². The van der Waals surface area contributed by atoms with Crippen LogP contribution in [0.1, 0.15) is 16.1 Å². The first-order valence-electron chi connectivity index (χ1n) is 6.68. The third-order valence-electron chi connectivity index (χ3n) is 3.26. The van der Waals surface area contributed by atoms with Gasteiger partial charge in [-0.15, -0.1) is 0 Å². The molecular formula is C16H19NO5. The van der Waals surface area contributed by atoms with E-state index in [9.17, 15) is 4.79 Å².